The van der Waals surface area contributed by atoms with E-state index in [0.29, 0.717) is 30.1 Å². The van der Waals surface area contributed by atoms with Crippen molar-refractivity contribution in [2.24, 2.45) is 0 Å². The second-order valence-corrected chi connectivity index (χ2v) is 9.30. The number of hydrogen-bond acceptors (Lipinski definition) is 6. The molecule has 0 spiro atoms. The molecule has 3 N–H and O–H groups in total. The normalized spacial score (nSPS) is 16.7. The van der Waals surface area contributed by atoms with Crippen LogP contribution in [0, 0.1) is 0 Å². The highest BCUT2D eigenvalue weighted by atomic mass is 19.4. The Morgan fingerprint density at radius 3 is 2.68 bits per heavy atom. The van der Waals surface area contributed by atoms with E-state index in [4.69, 9.17) is 15.2 Å². The van der Waals surface area contributed by atoms with Gasteiger partial charge in [-0.25, -0.2) is 0 Å². The Balaban J connectivity index is 1.63. The van der Waals surface area contributed by atoms with Crippen LogP contribution in [0.15, 0.2) is 67.0 Å². The lowest BCUT2D eigenvalue weighted by Gasteiger charge is -2.41. The molecule has 0 bridgehead atoms. The third-order valence-electron chi connectivity index (χ3n) is 6.93. The number of anilines is 1. The smallest absolute Gasteiger partial charge is 0.417 e. The summed E-state index contributed by atoms with van der Waals surface area (Å²) in [5, 5.41) is 3.83. The lowest BCUT2D eigenvalue weighted by Crippen LogP contribution is -2.50. The maximum Gasteiger partial charge on any atom is 0.417 e. The highest BCUT2D eigenvalue weighted by Crippen LogP contribution is 2.49. The number of hydrogen-bond donors (Lipinski definition) is 2. The maximum absolute atomic E-state index is 13.7. The van der Waals surface area contributed by atoms with Gasteiger partial charge in [0, 0.05) is 34.8 Å². The van der Waals surface area contributed by atoms with Crippen molar-refractivity contribution in [3.63, 3.8) is 0 Å². The number of pyridine rings is 2. The van der Waals surface area contributed by atoms with E-state index in [9.17, 15) is 18.0 Å². The highest BCUT2D eigenvalue weighted by Gasteiger charge is 2.45. The number of rotatable bonds is 5. The zero-order valence-corrected chi connectivity index (χ0v) is 20.7. The van der Waals surface area contributed by atoms with Gasteiger partial charge in [-0.3, -0.25) is 14.8 Å². The van der Waals surface area contributed by atoms with Crippen molar-refractivity contribution < 1.29 is 27.4 Å². The number of nitrogens with zero attached hydrogens (tertiary/aromatic N) is 2. The molecule has 5 rings (SSSR count). The van der Waals surface area contributed by atoms with Crippen LogP contribution in [0.1, 0.15) is 46.4 Å². The summed E-state index contributed by atoms with van der Waals surface area (Å²) < 4.78 is 51.5. The fourth-order valence-electron chi connectivity index (χ4n) is 5.06. The predicted octanol–water partition coefficient (Wildman–Crippen LogP) is 5.45. The van der Waals surface area contributed by atoms with E-state index in [2.05, 4.69) is 15.3 Å². The van der Waals surface area contributed by atoms with Gasteiger partial charge in [-0.15, -0.1) is 0 Å². The molecular weight excluding hydrogens is 497 g/mol. The Kier molecular flexibility index (Phi) is 6.34. The lowest BCUT2D eigenvalue weighted by molar-refractivity contribution is -0.137. The molecule has 2 aromatic heterocycles. The molecule has 0 saturated carbocycles. The number of halogens is 3. The molecule has 4 aromatic rings. The summed E-state index contributed by atoms with van der Waals surface area (Å²) in [6.07, 6.45) is -1.77. The van der Waals surface area contributed by atoms with Crippen LogP contribution >= 0.6 is 0 Å². The molecule has 1 amide bonds. The second-order valence-electron chi connectivity index (χ2n) is 9.30. The summed E-state index contributed by atoms with van der Waals surface area (Å²) in [5.74, 6) is 0.138. The molecule has 2 unspecified atom stereocenters. The number of methoxy groups -OCH3 is 1. The number of para-hydroxylation sites is 1. The van der Waals surface area contributed by atoms with Crippen molar-refractivity contribution in [1.82, 2.24) is 15.3 Å². The van der Waals surface area contributed by atoms with Crippen molar-refractivity contribution >= 4 is 22.5 Å². The molecule has 38 heavy (non-hydrogen) atoms. The number of fused-ring (bicyclic) bond motifs is 2. The summed E-state index contributed by atoms with van der Waals surface area (Å²) in [6.45, 7) is 2.02. The third-order valence-corrected chi connectivity index (χ3v) is 6.93. The van der Waals surface area contributed by atoms with Gasteiger partial charge < -0.3 is 20.5 Å². The van der Waals surface area contributed by atoms with E-state index in [0.717, 1.165) is 28.7 Å². The highest BCUT2D eigenvalue weighted by molar-refractivity contribution is 5.98. The van der Waals surface area contributed by atoms with Crippen LogP contribution in [-0.4, -0.2) is 29.6 Å². The zero-order valence-electron chi connectivity index (χ0n) is 20.7. The largest absolute Gasteiger partial charge is 0.493 e. The lowest BCUT2D eigenvalue weighted by atomic mass is 9.74. The monoisotopic (exact) mass is 522 g/mol. The van der Waals surface area contributed by atoms with Crippen LogP contribution in [0.5, 0.6) is 11.5 Å². The van der Waals surface area contributed by atoms with Crippen LogP contribution in [0.25, 0.3) is 10.9 Å². The number of nitrogen functional groups attached to an aromatic ring is 1. The van der Waals surface area contributed by atoms with Crippen molar-refractivity contribution in [2.45, 2.75) is 31.0 Å². The van der Waals surface area contributed by atoms with Gasteiger partial charge in [0.1, 0.15) is 0 Å². The van der Waals surface area contributed by atoms with E-state index in [1.165, 1.54) is 7.11 Å². The quantitative estimate of drug-likeness (QED) is 0.362. The molecule has 10 heteroatoms. The molecule has 196 valence electrons. The molecule has 7 nitrogen and oxygen atoms in total. The number of alkyl halides is 3. The van der Waals surface area contributed by atoms with Crippen molar-refractivity contribution in [3.05, 3.63) is 89.4 Å². The number of nitrogens with one attached hydrogen (secondary N) is 1. The Hall–Kier alpha value is -4.34. The van der Waals surface area contributed by atoms with Gasteiger partial charge in [0.25, 0.3) is 5.91 Å². The first kappa shape index (κ1) is 25.3. The number of benzene rings is 2. The number of amides is 1. The minimum Gasteiger partial charge on any atom is -0.493 e. The first-order valence-corrected chi connectivity index (χ1v) is 11.9. The molecule has 0 saturated heterocycles. The molecule has 1 aliphatic heterocycles. The van der Waals surface area contributed by atoms with Crippen molar-refractivity contribution in [2.75, 3.05) is 19.5 Å². The SMILES string of the molecule is COc1cccc2c1OCCC2C(C)(NC(=O)c1ccc2ncccc2c1)c1ncc(C(F)(F)F)cc1N. The Bertz CT molecular complexity index is 1530. The fourth-order valence-corrected chi connectivity index (χ4v) is 5.06. The summed E-state index contributed by atoms with van der Waals surface area (Å²) in [6, 6.07) is 14.9. The average molecular weight is 523 g/mol. The number of nitrogens with two attached hydrogens (primary N) is 1. The molecule has 1 aliphatic rings. The van der Waals surface area contributed by atoms with Gasteiger partial charge in [-0.2, -0.15) is 13.2 Å². The predicted molar refractivity (Wildman–Crippen MR) is 136 cm³/mol. The maximum atomic E-state index is 13.7. The summed E-state index contributed by atoms with van der Waals surface area (Å²) in [5.41, 5.74) is 5.68. The number of ether oxygens (including phenoxy) is 2. The first-order chi connectivity index (χ1) is 18.1. The Morgan fingerprint density at radius 2 is 1.95 bits per heavy atom. The van der Waals surface area contributed by atoms with Crippen LogP contribution < -0.4 is 20.5 Å². The van der Waals surface area contributed by atoms with Gasteiger partial charge in [0.15, 0.2) is 11.5 Å². The molecular formula is C28H25F3N4O3. The zero-order chi connectivity index (χ0) is 27.1. The molecule has 2 aromatic carbocycles. The van der Waals surface area contributed by atoms with E-state index in [-0.39, 0.29) is 11.4 Å². The minimum atomic E-state index is -4.61. The van der Waals surface area contributed by atoms with Crippen molar-refractivity contribution in [3.8, 4) is 11.5 Å². The van der Waals surface area contributed by atoms with Gasteiger partial charge >= 0.3 is 6.18 Å². The van der Waals surface area contributed by atoms with E-state index in [1.54, 1.807) is 49.5 Å². The van der Waals surface area contributed by atoms with Gasteiger partial charge in [0.2, 0.25) is 0 Å². The fraction of sp³-hybridized carbons (Fsp3) is 0.250. The van der Waals surface area contributed by atoms with Crippen LogP contribution in [0.2, 0.25) is 0 Å². The second kappa shape index (κ2) is 9.51. The van der Waals surface area contributed by atoms with E-state index >= 15 is 0 Å². The first-order valence-electron chi connectivity index (χ1n) is 11.9. The van der Waals surface area contributed by atoms with Gasteiger partial charge in [0.05, 0.1) is 41.7 Å². The Labute approximate surface area is 216 Å². The molecule has 3 heterocycles. The van der Waals surface area contributed by atoms with E-state index in [1.807, 2.05) is 12.1 Å². The molecule has 0 aliphatic carbocycles. The Morgan fingerprint density at radius 1 is 1.13 bits per heavy atom. The van der Waals surface area contributed by atoms with E-state index < -0.39 is 29.1 Å². The summed E-state index contributed by atoms with van der Waals surface area (Å²) in [4.78, 5) is 22.1. The molecule has 0 fully saturated rings. The third kappa shape index (κ3) is 4.46. The minimum absolute atomic E-state index is 0.127. The summed E-state index contributed by atoms with van der Waals surface area (Å²) in [7, 11) is 1.52. The average Bonchev–Trinajstić information content (AvgIpc) is 2.91. The number of carbonyl (C=O) groups excluding carboxylic acids is 1. The topological polar surface area (TPSA) is 99.4 Å². The molecule has 2 atom stereocenters. The molecule has 0 radical (unpaired) electrons. The van der Waals surface area contributed by atoms with Gasteiger partial charge in [-0.05, 0) is 49.7 Å². The van der Waals surface area contributed by atoms with Crippen LogP contribution in [-0.2, 0) is 11.7 Å². The number of aromatic nitrogens is 2. The van der Waals surface area contributed by atoms with Crippen molar-refractivity contribution in [1.29, 1.82) is 0 Å². The van der Waals surface area contributed by atoms with Crippen LogP contribution in [0.3, 0.4) is 0 Å². The summed E-state index contributed by atoms with van der Waals surface area (Å²) >= 11 is 0. The van der Waals surface area contributed by atoms with Crippen LogP contribution in [0.4, 0.5) is 18.9 Å². The van der Waals surface area contributed by atoms with Gasteiger partial charge in [-0.1, -0.05) is 18.2 Å². The standard InChI is InChI=1S/C28H25F3N4O3/c1-27(25-21(32)14-18(15-34-25)28(29,30)31,20-10-12-38-24-19(20)6-3-7-23(24)37-2)35-26(36)17-8-9-22-16(13-17)5-4-11-33-22/h3-9,11,13-15,20H,10,12,32H2,1-2H3,(H,35,36). The number of carbonyl (C=O) groups is 1.